The number of halogens is 1. The van der Waals surface area contributed by atoms with E-state index in [1.165, 1.54) is 14.7 Å². The minimum Gasteiger partial charge on any atom is -0.444 e. The highest BCUT2D eigenvalue weighted by Crippen LogP contribution is 2.58. The fraction of sp³-hybridized carbons (Fsp3) is 0.594. The van der Waals surface area contributed by atoms with Crippen LogP contribution in [-0.4, -0.2) is 162 Å². The van der Waals surface area contributed by atoms with Crippen LogP contribution in [0.4, 0.5) is 9.59 Å². The van der Waals surface area contributed by atoms with Crippen LogP contribution in [-0.2, 0) is 56.2 Å². The Bertz CT molecular complexity index is 2730. The lowest BCUT2D eigenvalue weighted by Gasteiger charge is -2.27. The topological polar surface area (TPSA) is 261 Å². The summed E-state index contributed by atoms with van der Waals surface area (Å²) >= 11 is 4.90. The zero-order valence-corrected chi connectivity index (χ0v) is 51.1. The number of aliphatic hydroxyl groups excluding tert-OH is 1. The van der Waals surface area contributed by atoms with Gasteiger partial charge < -0.3 is 50.7 Å². The Kier molecular flexibility index (Phi) is 25.3. The average molecular weight is 1200 g/mol. The molecule has 0 radical (unpaired) electrons. The van der Waals surface area contributed by atoms with Crippen LogP contribution in [0.15, 0.2) is 85.0 Å². The van der Waals surface area contributed by atoms with Crippen molar-refractivity contribution in [3.63, 3.8) is 0 Å². The monoisotopic (exact) mass is 1200 g/mol. The number of nitrogens with zero attached hydrogens (tertiary/aromatic N) is 4. The molecule has 8 amide bonds. The lowest BCUT2D eigenvalue weighted by molar-refractivity contribution is -0.142. The van der Waals surface area contributed by atoms with Gasteiger partial charge in [-0.15, -0.1) is 0 Å². The van der Waals surface area contributed by atoms with E-state index in [-0.39, 0.29) is 123 Å². The molecule has 0 spiro atoms. The zero-order valence-electron chi connectivity index (χ0n) is 50.4. The Hall–Kier alpha value is -6.93. The molecule has 2 saturated heterocycles. The molecule has 10 atom stereocenters. The quantitative estimate of drug-likeness (QED) is 0.0904. The number of Topliss-reactive ketones (excluding diaryl/α,β-unsaturated/α-hetero) is 2. The molecule has 85 heavy (non-hydrogen) atoms. The number of aliphatic hydroxyl groups is 1. The first-order valence-electron chi connectivity index (χ1n) is 30.2. The molecule has 4 aliphatic heterocycles. The van der Waals surface area contributed by atoms with Crippen LogP contribution in [0.25, 0.3) is 0 Å². The molecule has 464 valence electrons. The summed E-state index contributed by atoms with van der Waals surface area (Å²) in [6.07, 6.45) is 16.9. The van der Waals surface area contributed by atoms with E-state index >= 15 is 0 Å². The lowest BCUT2D eigenvalue weighted by Crippen LogP contribution is -2.46. The molecule has 5 N–H and O–H groups in total. The third-order valence-corrected chi connectivity index (χ3v) is 17.4. The normalized spacial score (nSPS) is 28.4. The van der Waals surface area contributed by atoms with Crippen molar-refractivity contribution in [1.29, 1.82) is 0 Å². The molecule has 4 fully saturated rings. The molecule has 0 unspecified atom stereocenters. The molecule has 2 aliphatic carbocycles. The number of nitrogens with one attached hydrogen (secondary N) is 4. The first-order chi connectivity index (χ1) is 40.5. The van der Waals surface area contributed by atoms with E-state index in [0.717, 1.165) is 75.3 Å². The third-order valence-electron chi connectivity index (χ3n) is 17.1. The molecule has 0 aromatic heterocycles. The Labute approximate surface area is 505 Å². The first kappa shape index (κ1) is 67.2. The van der Waals surface area contributed by atoms with Gasteiger partial charge in [-0.2, -0.15) is 0 Å². The van der Waals surface area contributed by atoms with E-state index in [0.29, 0.717) is 25.9 Å². The predicted molar refractivity (Wildman–Crippen MR) is 321 cm³/mol. The molecule has 2 aromatic carbocycles. The maximum absolute atomic E-state index is 13.9. The van der Waals surface area contributed by atoms with Gasteiger partial charge in [-0.3, -0.25) is 43.2 Å². The van der Waals surface area contributed by atoms with Crippen molar-refractivity contribution in [2.45, 2.75) is 154 Å². The van der Waals surface area contributed by atoms with Crippen LogP contribution < -0.4 is 21.3 Å². The van der Waals surface area contributed by atoms with Gasteiger partial charge in [0.25, 0.3) is 0 Å². The summed E-state index contributed by atoms with van der Waals surface area (Å²) in [5.74, 6) is -2.53. The van der Waals surface area contributed by atoms with E-state index in [2.05, 4.69) is 33.4 Å². The molecule has 2 saturated carbocycles. The van der Waals surface area contributed by atoms with E-state index < -0.39 is 46.6 Å². The second-order valence-electron chi connectivity index (χ2n) is 24.2. The average Bonchev–Trinajstić information content (AvgIpc) is 1.73. The van der Waals surface area contributed by atoms with Gasteiger partial charge >= 0.3 is 11.5 Å². The van der Waals surface area contributed by atoms with Crippen molar-refractivity contribution < 1.29 is 57.8 Å². The van der Waals surface area contributed by atoms with Gasteiger partial charge in [-0.25, -0.2) is 4.79 Å². The van der Waals surface area contributed by atoms with Gasteiger partial charge in [-0.1, -0.05) is 124 Å². The number of ketones is 2. The van der Waals surface area contributed by atoms with Crippen LogP contribution in [0, 0.1) is 34.5 Å². The lowest BCUT2D eigenvalue weighted by atomic mass is 9.90. The van der Waals surface area contributed by atoms with Gasteiger partial charge in [0, 0.05) is 85.3 Å². The molecule has 2 aromatic rings. The minimum atomic E-state index is -0.966. The fourth-order valence-corrected chi connectivity index (χ4v) is 11.7. The Morgan fingerprint density at radius 3 is 1.45 bits per heavy atom. The van der Waals surface area contributed by atoms with Gasteiger partial charge in [0.15, 0.2) is 11.6 Å². The minimum absolute atomic E-state index is 0.00494. The Morgan fingerprint density at radius 2 is 1.02 bits per heavy atom. The van der Waals surface area contributed by atoms with Gasteiger partial charge in [-0.05, 0) is 85.9 Å². The highest BCUT2D eigenvalue weighted by Gasteiger charge is 2.62. The molecule has 20 nitrogen and oxygen atoms in total. The second kappa shape index (κ2) is 32.0. The van der Waals surface area contributed by atoms with Crippen LogP contribution >= 0.6 is 11.6 Å². The largest absolute Gasteiger partial charge is 0.444 e. The maximum atomic E-state index is 13.9. The van der Waals surface area contributed by atoms with Gasteiger partial charge in [0.1, 0.15) is 6.10 Å². The predicted octanol–water partition coefficient (Wildman–Crippen LogP) is 6.62. The number of hydrogen-bond donors (Lipinski definition) is 5. The molecule has 0 bridgehead atoms. The molecular weight excluding hydrogens is 1110 g/mol. The van der Waals surface area contributed by atoms with Crippen molar-refractivity contribution >= 4 is 70.1 Å². The first-order valence-corrected chi connectivity index (χ1v) is 30.5. The second-order valence-corrected chi connectivity index (χ2v) is 24.6. The number of carbonyl (C=O) groups excluding carboxylic acids is 10. The molecular formula is C64H89ClN8O12. The molecule has 21 heteroatoms. The Balaban J connectivity index is 0.000000250. The number of fused-ring (bicyclic) bond motifs is 4. The SMILES string of the molecule is CN(C)C(=O)Cl.C[C@H]1CCCCC/C=C\[C@@H]2C[C@@]2(C(=O)NCC(=O)NCc2ccccc2)CC(=O)[C@@H]2C[C@@H](O)CN2C1=O.C[C@H]1CCCCC/C=C\[C@@H]2C[C@@]2(C(=O)NCC(=O)NCc2ccccc2)CC(=O)[C@@H]2C[C@@H](OC(=O)N(C)C)CN2C1=O. The summed E-state index contributed by atoms with van der Waals surface area (Å²) in [5, 5.41) is 21.0. The number of rotatable bonds is 11. The summed E-state index contributed by atoms with van der Waals surface area (Å²) in [4.78, 5) is 134. The van der Waals surface area contributed by atoms with Crippen LogP contribution in [0.2, 0.25) is 0 Å². The fourth-order valence-electron chi connectivity index (χ4n) is 11.7. The van der Waals surface area contributed by atoms with Crippen molar-refractivity contribution in [3.05, 3.63) is 96.1 Å². The maximum Gasteiger partial charge on any atom is 0.409 e. The van der Waals surface area contributed by atoms with Crippen LogP contribution in [0.1, 0.15) is 128 Å². The van der Waals surface area contributed by atoms with Crippen molar-refractivity contribution in [1.82, 2.24) is 40.9 Å². The number of ether oxygens (including phenoxy) is 1. The number of benzene rings is 2. The number of carbonyl (C=O) groups is 10. The zero-order chi connectivity index (χ0) is 61.8. The smallest absolute Gasteiger partial charge is 0.409 e. The van der Waals surface area contributed by atoms with Gasteiger partial charge in [0.2, 0.25) is 35.4 Å². The number of allylic oxidation sites excluding steroid dienone is 4. The summed E-state index contributed by atoms with van der Waals surface area (Å²) in [5.41, 5.74) is 0.0380. The van der Waals surface area contributed by atoms with E-state index in [4.69, 9.17) is 16.3 Å². The summed E-state index contributed by atoms with van der Waals surface area (Å²) in [6.45, 7) is 4.46. The van der Waals surface area contributed by atoms with Crippen LogP contribution in [0.3, 0.4) is 0 Å². The van der Waals surface area contributed by atoms with Crippen molar-refractivity contribution in [2.24, 2.45) is 34.5 Å². The van der Waals surface area contributed by atoms with Crippen LogP contribution in [0.5, 0.6) is 0 Å². The molecule has 8 rings (SSSR count). The van der Waals surface area contributed by atoms with Crippen molar-refractivity contribution in [3.8, 4) is 0 Å². The standard InChI is InChI=1S/C32H44N4O6.C29H39N3O5.C3H6ClNO/c1-22-12-8-5-4-6-11-15-24-17-32(24,30(40)34-20-28(38)33-19-23-13-9-7-10-14-23)18-27(37)26-16-25(21-36(26)29(22)39)42-31(41)35(2)3;1-20-10-6-3-2-4-9-13-22-15-29(22,16-25(34)24-14-23(33)19-32(24)27(20)36)28(37)31-18-26(35)30-17-21-11-7-5-8-12-21;1-5(2)3(4)6/h7,9-11,13-15,22,24-26H,4-6,8,12,16-21H2,1-3H3,(H,33,38)(H,34,40);5,7-9,11-13,20,22-24,33H,2-4,6,10,14-19H2,1H3,(H,30,35)(H,31,37);1-2H3/b15-11-;13-9-;/t22-,24+,25+,26-,32+;20-,22+,23+,24-,29+;/m00./s1. The molecule has 4 heterocycles. The van der Waals surface area contributed by atoms with Gasteiger partial charge in [0.05, 0.1) is 48.7 Å². The third kappa shape index (κ3) is 19.5. The van der Waals surface area contributed by atoms with E-state index in [1.807, 2.05) is 86.7 Å². The van der Waals surface area contributed by atoms with Crippen molar-refractivity contribution in [2.75, 3.05) is 54.4 Å². The molecule has 6 aliphatic rings. The number of amides is 8. The highest BCUT2D eigenvalue weighted by molar-refractivity contribution is 6.62. The number of hydrogen-bond acceptors (Lipinski definition) is 12. The van der Waals surface area contributed by atoms with E-state index in [9.17, 15) is 53.1 Å². The summed E-state index contributed by atoms with van der Waals surface area (Å²) in [7, 11) is 6.35. The summed E-state index contributed by atoms with van der Waals surface area (Å²) < 4.78 is 5.58. The Morgan fingerprint density at radius 1 is 0.600 bits per heavy atom. The summed E-state index contributed by atoms with van der Waals surface area (Å²) in [6, 6.07) is 17.5. The highest BCUT2D eigenvalue weighted by atomic mass is 35.5. The van der Waals surface area contributed by atoms with E-state index in [1.54, 1.807) is 33.1 Å².